The summed E-state index contributed by atoms with van der Waals surface area (Å²) >= 11 is 6.29. The summed E-state index contributed by atoms with van der Waals surface area (Å²) < 4.78 is 40.7. The average Bonchev–Trinajstić information content (AvgIpc) is 2.40. The number of halogens is 3. The van der Waals surface area contributed by atoms with Crippen molar-refractivity contribution in [1.82, 2.24) is 4.72 Å². The zero-order valence-electron chi connectivity index (χ0n) is 10.1. The van der Waals surface area contributed by atoms with Crippen LogP contribution in [0.4, 0.5) is 4.39 Å². The van der Waals surface area contributed by atoms with Crippen LogP contribution < -0.4 is 4.72 Å². The maximum absolute atomic E-state index is 13.1. The molecule has 0 aliphatic carbocycles. The predicted octanol–water partition coefficient (Wildman–Crippen LogP) is 3.83. The van der Waals surface area contributed by atoms with E-state index in [1.54, 1.807) is 18.2 Å². The first kappa shape index (κ1) is 15.6. The van der Waals surface area contributed by atoms with E-state index in [0.29, 0.717) is 14.5 Å². The third-order valence-corrected chi connectivity index (χ3v) is 5.06. The van der Waals surface area contributed by atoms with Gasteiger partial charge in [-0.25, -0.2) is 17.5 Å². The van der Waals surface area contributed by atoms with E-state index in [4.69, 9.17) is 0 Å². The van der Waals surface area contributed by atoms with Crippen LogP contribution in [0, 0.1) is 5.82 Å². The summed E-state index contributed by atoms with van der Waals surface area (Å²) in [5.41, 5.74) is 0.664. The summed E-state index contributed by atoms with van der Waals surface area (Å²) in [7, 11) is -3.59. The molecule has 0 aliphatic heterocycles. The van der Waals surface area contributed by atoms with Gasteiger partial charge in [-0.2, -0.15) is 0 Å². The van der Waals surface area contributed by atoms with E-state index in [1.807, 2.05) is 0 Å². The standard InChI is InChI=1S/C13H10Br2FNO2S/c14-10-2-1-3-11(7-10)20(18,19)17-8-9-4-5-13(16)12(15)6-9/h1-7,17H,8H2. The highest BCUT2D eigenvalue weighted by atomic mass is 79.9. The third kappa shape index (κ3) is 3.88. The summed E-state index contributed by atoms with van der Waals surface area (Å²) in [5.74, 6) is -0.386. The minimum Gasteiger partial charge on any atom is -0.207 e. The molecule has 3 nitrogen and oxygen atoms in total. The maximum Gasteiger partial charge on any atom is 0.240 e. The number of rotatable bonds is 4. The van der Waals surface area contributed by atoms with E-state index < -0.39 is 10.0 Å². The van der Waals surface area contributed by atoms with Crippen molar-refractivity contribution in [3.8, 4) is 0 Å². The van der Waals surface area contributed by atoms with Gasteiger partial charge < -0.3 is 0 Å². The molecule has 7 heteroatoms. The molecule has 0 saturated carbocycles. The molecule has 0 unspecified atom stereocenters. The molecule has 2 aromatic carbocycles. The number of sulfonamides is 1. The maximum atomic E-state index is 13.1. The molecule has 1 N–H and O–H groups in total. The first-order valence-electron chi connectivity index (χ1n) is 5.58. The lowest BCUT2D eigenvalue weighted by molar-refractivity contribution is 0.581. The lowest BCUT2D eigenvalue weighted by atomic mass is 10.2. The van der Waals surface area contributed by atoms with Gasteiger partial charge in [-0.15, -0.1) is 0 Å². The second-order valence-electron chi connectivity index (χ2n) is 4.03. The monoisotopic (exact) mass is 421 g/mol. The lowest BCUT2D eigenvalue weighted by Gasteiger charge is -2.08. The highest BCUT2D eigenvalue weighted by molar-refractivity contribution is 9.10. The Hall–Kier alpha value is -0.760. The fourth-order valence-electron chi connectivity index (χ4n) is 1.55. The molecule has 0 bridgehead atoms. The van der Waals surface area contributed by atoms with Gasteiger partial charge in [0.15, 0.2) is 0 Å². The summed E-state index contributed by atoms with van der Waals surface area (Å²) in [6.45, 7) is 0.0910. The largest absolute Gasteiger partial charge is 0.240 e. The van der Waals surface area contributed by atoms with Crippen LogP contribution in [-0.2, 0) is 16.6 Å². The summed E-state index contributed by atoms with van der Waals surface area (Å²) in [5, 5.41) is 0. The zero-order chi connectivity index (χ0) is 14.8. The molecular formula is C13H10Br2FNO2S. The van der Waals surface area contributed by atoms with Crippen LogP contribution in [0.15, 0.2) is 56.3 Å². The van der Waals surface area contributed by atoms with Crippen molar-refractivity contribution in [3.63, 3.8) is 0 Å². The Morgan fingerprint density at radius 1 is 1.10 bits per heavy atom. The molecule has 20 heavy (non-hydrogen) atoms. The Morgan fingerprint density at radius 2 is 1.85 bits per heavy atom. The van der Waals surface area contributed by atoms with Crippen molar-refractivity contribution in [2.75, 3.05) is 0 Å². The quantitative estimate of drug-likeness (QED) is 0.813. The van der Waals surface area contributed by atoms with Gasteiger partial charge in [0.1, 0.15) is 5.82 Å². The molecule has 0 aromatic heterocycles. The van der Waals surface area contributed by atoms with Gasteiger partial charge in [-0.3, -0.25) is 0 Å². The van der Waals surface area contributed by atoms with Gasteiger partial charge in [0.2, 0.25) is 10.0 Å². The van der Waals surface area contributed by atoms with Gasteiger partial charge in [-0.1, -0.05) is 28.1 Å². The van der Waals surface area contributed by atoms with Gasteiger partial charge in [0.25, 0.3) is 0 Å². The Bertz CT molecular complexity index is 735. The van der Waals surface area contributed by atoms with E-state index in [9.17, 15) is 12.8 Å². The van der Waals surface area contributed by atoms with E-state index in [0.717, 1.165) is 0 Å². The fourth-order valence-corrected chi connectivity index (χ4v) is 3.59. The normalized spacial score (nSPS) is 11.6. The average molecular weight is 423 g/mol. The smallest absolute Gasteiger partial charge is 0.207 e. The topological polar surface area (TPSA) is 46.2 Å². The van der Waals surface area contributed by atoms with E-state index in [-0.39, 0.29) is 17.3 Å². The molecule has 0 fully saturated rings. The Morgan fingerprint density at radius 3 is 2.50 bits per heavy atom. The molecule has 106 valence electrons. The third-order valence-electron chi connectivity index (χ3n) is 2.56. The lowest BCUT2D eigenvalue weighted by Crippen LogP contribution is -2.23. The summed E-state index contributed by atoms with van der Waals surface area (Å²) in [6, 6.07) is 10.8. The number of hydrogen-bond donors (Lipinski definition) is 1. The van der Waals surface area contributed by atoms with Crippen molar-refractivity contribution >= 4 is 41.9 Å². The van der Waals surface area contributed by atoms with Gasteiger partial charge in [0.05, 0.1) is 9.37 Å². The Kier molecular flexibility index (Phi) is 4.95. The molecule has 0 saturated heterocycles. The van der Waals surface area contributed by atoms with Crippen molar-refractivity contribution in [1.29, 1.82) is 0 Å². The first-order valence-corrected chi connectivity index (χ1v) is 8.64. The molecule has 0 heterocycles. The van der Waals surface area contributed by atoms with Crippen LogP contribution >= 0.6 is 31.9 Å². The van der Waals surface area contributed by atoms with Crippen LogP contribution in [0.5, 0.6) is 0 Å². The zero-order valence-corrected chi connectivity index (χ0v) is 14.1. The molecule has 0 amide bonds. The second-order valence-corrected chi connectivity index (χ2v) is 7.57. The fraction of sp³-hybridized carbons (Fsp3) is 0.0769. The number of hydrogen-bond acceptors (Lipinski definition) is 2. The Balaban J connectivity index is 2.15. The first-order chi connectivity index (χ1) is 9.38. The highest BCUT2D eigenvalue weighted by Crippen LogP contribution is 2.18. The minimum absolute atomic E-state index is 0.0910. The molecule has 2 aromatic rings. The minimum atomic E-state index is -3.59. The van der Waals surface area contributed by atoms with Gasteiger partial charge >= 0.3 is 0 Å². The number of nitrogens with one attached hydrogen (secondary N) is 1. The van der Waals surface area contributed by atoms with Gasteiger partial charge in [0, 0.05) is 11.0 Å². The van der Waals surface area contributed by atoms with E-state index in [1.165, 1.54) is 24.3 Å². The van der Waals surface area contributed by atoms with Crippen LogP contribution in [0.1, 0.15) is 5.56 Å². The van der Waals surface area contributed by atoms with E-state index >= 15 is 0 Å². The van der Waals surface area contributed by atoms with E-state index in [2.05, 4.69) is 36.6 Å². The number of benzene rings is 2. The van der Waals surface area contributed by atoms with Crippen LogP contribution in [-0.4, -0.2) is 8.42 Å². The molecule has 0 radical (unpaired) electrons. The van der Waals surface area contributed by atoms with Crippen molar-refractivity contribution in [3.05, 3.63) is 62.8 Å². The summed E-state index contributed by atoms with van der Waals surface area (Å²) in [6.07, 6.45) is 0. The molecule has 2 rings (SSSR count). The SMILES string of the molecule is O=S(=O)(NCc1ccc(F)c(Br)c1)c1cccc(Br)c1. The van der Waals surface area contributed by atoms with Crippen LogP contribution in [0.3, 0.4) is 0 Å². The molecule has 0 atom stereocenters. The van der Waals surface area contributed by atoms with Crippen molar-refractivity contribution in [2.45, 2.75) is 11.4 Å². The van der Waals surface area contributed by atoms with Crippen LogP contribution in [0.25, 0.3) is 0 Å². The van der Waals surface area contributed by atoms with Crippen molar-refractivity contribution < 1.29 is 12.8 Å². The molecular weight excluding hydrogens is 413 g/mol. The highest BCUT2D eigenvalue weighted by Gasteiger charge is 2.14. The van der Waals surface area contributed by atoms with Gasteiger partial charge in [-0.05, 0) is 51.8 Å². The predicted molar refractivity (Wildman–Crippen MR) is 82.3 cm³/mol. The Labute approximate surface area is 133 Å². The molecule has 0 aliphatic rings. The van der Waals surface area contributed by atoms with Crippen LogP contribution in [0.2, 0.25) is 0 Å². The van der Waals surface area contributed by atoms with Crippen molar-refractivity contribution in [2.24, 2.45) is 0 Å². The molecule has 0 spiro atoms. The summed E-state index contributed by atoms with van der Waals surface area (Å²) in [4.78, 5) is 0.174. The second kappa shape index (κ2) is 6.34.